The number of amides is 2. The summed E-state index contributed by atoms with van der Waals surface area (Å²) in [4.78, 5) is 28.2. The van der Waals surface area contributed by atoms with Gasteiger partial charge in [0.15, 0.2) is 18.0 Å². The number of nitrogens with one attached hydrogen (secondary N) is 2. The van der Waals surface area contributed by atoms with Gasteiger partial charge in [-0.25, -0.2) is 0 Å². The molecule has 3 rings (SSSR count). The van der Waals surface area contributed by atoms with Crippen molar-refractivity contribution < 1.29 is 24.0 Å². The largest absolute Gasteiger partial charge is 0.493 e. The summed E-state index contributed by atoms with van der Waals surface area (Å²) in [7, 11) is 3.07. The van der Waals surface area contributed by atoms with Crippen molar-refractivity contribution in [2.75, 3.05) is 52.3 Å². The minimum absolute atomic E-state index is 0.0951. The number of rotatable bonds is 6. The zero-order chi connectivity index (χ0) is 20.8. The Morgan fingerprint density at radius 2 is 1.79 bits per heavy atom. The molecule has 0 radical (unpaired) electrons. The molecule has 2 amide bonds. The van der Waals surface area contributed by atoms with Gasteiger partial charge in [-0.1, -0.05) is 29.8 Å². The molecule has 1 fully saturated rings. The smallest absolute Gasteiger partial charge is 0.279 e. The van der Waals surface area contributed by atoms with Gasteiger partial charge >= 0.3 is 0 Å². The molecule has 7 nitrogen and oxygen atoms in total. The molecule has 2 aromatic carbocycles. The molecule has 154 valence electrons. The second kappa shape index (κ2) is 9.62. The van der Waals surface area contributed by atoms with E-state index in [0.29, 0.717) is 60.5 Å². The summed E-state index contributed by atoms with van der Waals surface area (Å²) in [6, 6.07) is 12.4. The van der Waals surface area contributed by atoms with Gasteiger partial charge in [-0.2, -0.15) is 0 Å². The molecule has 0 aliphatic carbocycles. The minimum atomic E-state index is -0.0969. The number of hydrogen-bond donors (Lipinski definition) is 2. The lowest BCUT2D eigenvalue weighted by Gasteiger charge is -2.32. The van der Waals surface area contributed by atoms with Crippen LogP contribution in [0.15, 0.2) is 42.5 Å². The second-order valence-electron chi connectivity index (χ2n) is 6.79. The summed E-state index contributed by atoms with van der Waals surface area (Å²) in [5.74, 6) is 0.774. The Bertz CT molecular complexity index is 882. The molecule has 8 heteroatoms. The van der Waals surface area contributed by atoms with Crippen molar-refractivity contribution in [1.29, 1.82) is 0 Å². The van der Waals surface area contributed by atoms with Crippen LogP contribution in [0, 0.1) is 0 Å². The Balaban J connectivity index is 1.56. The molecule has 0 bridgehead atoms. The average molecular weight is 419 g/mol. The predicted octanol–water partition coefficient (Wildman–Crippen LogP) is 1.34. The third kappa shape index (κ3) is 4.99. The summed E-state index contributed by atoms with van der Waals surface area (Å²) in [6.07, 6.45) is 0. The minimum Gasteiger partial charge on any atom is -0.493 e. The van der Waals surface area contributed by atoms with E-state index in [-0.39, 0.29) is 11.8 Å². The van der Waals surface area contributed by atoms with Gasteiger partial charge in [0, 0.05) is 0 Å². The Morgan fingerprint density at radius 1 is 1.07 bits per heavy atom. The number of para-hydroxylation sites is 2. The van der Waals surface area contributed by atoms with E-state index in [4.69, 9.17) is 21.1 Å². The zero-order valence-electron chi connectivity index (χ0n) is 16.5. The molecule has 2 aromatic rings. The number of halogens is 1. The summed E-state index contributed by atoms with van der Waals surface area (Å²) in [5, 5.41) is 3.35. The van der Waals surface area contributed by atoms with Crippen LogP contribution in [0.3, 0.4) is 0 Å². The number of hydrogen-bond acceptors (Lipinski definition) is 4. The van der Waals surface area contributed by atoms with Crippen LogP contribution < -0.4 is 19.7 Å². The topological polar surface area (TPSA) is 72.3 Å². The summed E-state index contributed by atoms with van der Waals surface area (Å²) in [6.45, 7) is 2.83. The lowest BCUT2D eigenvalue weighted by molar-refractivity contribution is -0.895. The van der Waals surface area contributed by atoms with Crippen LogP contribution in [0.2, 0.25) is 5.02 Å². The number of quaternary nitrogens is 1. The first-order valence-corrected chi connectivity index (χ1v) is 9.79. The number of anilines is 1. The van der Waals surface area contributed by atoms with Crippen LogP contribution in [-0.2, 0) is 4.79 Å². The summed E-state index contributed by atoms with van der Waals surface area (Å²) in [5.41, 5.74) is 1.09. The number of carbonyl (C=O) groups excluding carboxylic acids is 2. The predicted molar refractivity (Wildman–Crippen MR) is 111 cm³/mol. The van der Waals surface area contributed by atoms with E-state index in [2.05, 4.69) is 5.32 Å². The highest BCUT2D eigenvalue weighted by molar-refractivity contribution is 6.33. The molecule has 1 heterocycles. The van der Waals surface area contributed by atoms with Gasteiger partial charge in [0.1, 0.15) is 0 Å². The monoisotopic (exact) mass is 418 g/mol. The lowest BCUT2D eigenvalue weighted by Crippen LogP contribution is -3.15. The Morgan fingerprint density at radius 3 is 2.45 bits per heavy atom. The van der Waals surface area contributed by atoms with Crippen molar-refractivity contribution in [2.24, 2.45) is 0 Å². The quantitative estimate of drug-likeness (QED) is 0.742. The van der Waals surface area contributed by atoms with Crippen LogP contribution >= 0.6 is 11.6 Å². The highest BCUT2D eigenvalue weighted by Crippen LogP contribution is 2.31. The SMILES string of the molecule is COc1cccc(C(=O)N2CC[NH+](CC(=O)Nc3ccccc3Cl)CC2)c1OC. The van der Waals surface area contributed by atoms with E-state index in [1.807, 2.05) is 12.1 Å². The number of ether oxygens (including phenoxy) is 2. The summed E-state index contributed by atoms with van der Waals surface area (Å²) < 4.78 is 10.7. The van der Waals surface area contributed by atoms with Gasteiger partial charge in [-0.15, -0.1) is 0 Å². The maximum atomic E-state index is 12.9. The fraction of sp³-hybridized carbons (Fsp3) is 0.333. The van der Waals surface area contributed by atoms with E-state index in [9.17, 15) is 9.59 Å². The number of carbonyl (C=O) groups is 2. The van der Waals surface area contributed by atoms with Gasteiger partial charge in [0.2, 0.25) is 0 Å². The number of nitrogens with zero attached hydrogens (tertiary/aromatic N) is 1. The highest BCUT2D eigenvalue weighted by atomic mass is 35.5. The second-order valence-corrected chi connectivity index (χ2v) is 7.20. The van der Waals surface area contributed by atoms with E-state index in [1.165, 1.54) is 7.11 Å². The van der Waals surface area contributed by atoms with Crippen molar-refractivity contribution in [3.05, 3.63) is 53.1 Å². The van der Waals surface area contributed by atoms with Gasteiger partial charge in [0.05, 0.1) is 56.7 Å². The molecular formula is C21H25ClN3O4+. The number of methoxy groups -OCH3 is 2. The van der Waals surface area contributed by atoms with E-state index >= 15 is 0 Å². The third-order valence-corrected chi connectivity index (χ3v) is 5.28. The first-order valence-electron chi connectivity index (χ1n) is 9.41. The van der Waals surface area contributed by atoms with E-state index in [1.54, 1.807) is 42.3 Å². The Kier molecular flexibility index (Phi) is 6.95. The van der Waals surface area contributed by atoms with Crippen molar-refractivity contribution in [1.82, 2.24) is 4.90 Å². The standard InChI is InChI=1S/C21H24ClN3O4/c1-28-18-9-5-6-15(20(18)29-2)21(27)25-12-10-24(11-13-25)14-19(26)23-17-8-4-3-7-16(17)22/h3-9H,10-14H2,1-2H3,(H,23,26)/p+1. The lowest BCUT2D eigenvalue weighted by atomic mass is 10.1. The zero-order valence-corrected chi connectivity index (χ0v) is 17.3. The first-order chi connectivity index (χ1) is 14.0. The number of piperazine rings is 1. The maximum Gasteiger partial charge on any atom is 0.279 e. The van der Waals surface area contributed by atoms with Gasteiger partial charge in [0.25, 0.3) is 11.8 Å². The fourth-order valence-corrected chi connectivity index (χ4v) is 3.60. The number of benzene rings is 2. The molecule has 0 unspecified atom stereocenters. The van der Waals surface area contributed by atoms with E-state index < -0.39 is 0 Å². The van der Waals surface area contributed by atoms with Crippen molar-refractivity contribution in [3.8, 4) is 11.5 Å². The van der Waals surface area contributed by atoms with Crippen LogP contribution in [0.5, 0.6) is 11.5 Å². The maximum absolute atomic E-state index is 12.9. The molecule has 1 aliphatic heterocycles. The molecule has 0 aromatic heterocycles. The van der Waals surface area contributed by atoms with Crippen LogP contribution in [0.25, 0.3) is 0 Å². The molecule has 1 saturated heterocycles. The average Bonchev–Trinajstić information content (AvgIpc) is 2.74. The van der Waals surface area contributed by atoms with Gasteiger partial charge < -0.3 is 24.6 Å². The van der Waals surface area contributed by atoms with Crippen molar-refractivity contribution >= 4 is 29.1 Å². The van der Waals surface area contributed by atoms with Crippen LogP contribution in [0.1, 0.15) is 10.4 Å². The first kappa shape index (κ1) is 21.0. The molecular weight excluding hydrogens is 394 g/mol. The molecule has 0 atom stereocenters. The Hall–Kier alpha value is -2.77. The molecule has 1 aliphatic rings. The van der Waals surface area contributed by atoms with Gasteiger partial charge in [-0.3, -0.25) is 9.59 Å². The fourth-order valence-electron chi connectivity index (χ4n) is 3.41. The molecule has 0 spiro atoms. The normalized spacial score (nSPS) is 14.4. The Labute approximate surface area is 175 Å². The molecule has 0 saturated carbocycles. The summed E-state index contributed by atoms with van der Waals surface area (Å²) >= 11 is 6.08. The van der Waals surface area contributed by atoms with E-state index in [0.717, 1.165) is 4.90 Å². The van der Waals surface area contributed by atoms with Crippen LogP contribution in [-0.4, -0.2) is 63.7 Å². The van der Waals surface area contributed by atoms with Gasteiger partial charge in [-0.05, 0) is 24.3 Å². The third-order valence-electron chi connectivity index (χ3n) is 4.95. The van der Waals surface area contributed by atoms with Crippen molar-refractivity contribution in [2.45, 2.75) is 0 Å². The molecule has 29 heavy (non-hydrogen) atoms. The van der Waals surface area contributed by atoms with Crippen LogP contribution in [0.4, 0.5) is 5.69 Å². The molecule has 2 N–H and O–H groups in total. The highest BCUT2D eigenvalue weighted by Gasteiger charge is 2.28. The van der Waals surface area contributed by atoms with Crippen molar-refractivity contribution in [3.63, 3.8) is 0 Å².